The van der Waals surface area contributed by atoms with E-state index in [1.165, 1.54) is 6.07 Å². The van der Waals surface area contributed by atoms with E-state index >= 15 is 0 Å². The van der Waals surface area contributed by atoms with Crippen molar-refractivity contribution in [3.05, 3.63) is 76.1 Å². The first-order valence-corrected chi connectivity index (χ1v) is 10.9. The van der Waals surface area contributed by atoms with Crippen molar-refractivity contribution in [1.82, 2.24) is 0 Å². The van der Waals surface area contributed by atoms with Crippen LogP contribution in [0.25, 0.3) is 22.1 Å². The summed E-state index contributed by atoms with van der Waals surface area (Å²) in [7, 11) is 4.88. The first kappa shape index (κ1) is 21.7. The fourth-order valence-corrected chi connectivity index (χ4v) is 4.37. The van der Waals surface area contributed by atoms with Crippen LogP contribution in [0.1, 0.15) is 11.1 Å². The van der Waals surface area contributed by atoms with Crippen molar-refractivity contribution < 1.29 is 23.4 Å². The van der Waals surface area contributed by atoms with Gasteiger partial charge in [-0.05, 0) is 36.2 Å². The zero-order valence-electron chi connectivity index (χ0n) is 19.5. The number of benzene rings is 3. The predicted molar refractivity (Wildman–Crippen MR) is 130 cm³/mol. The molecule has 174 valence electrons. The number of ether oxygens (including phenoxy) is 4. The first-order valence-electron chi connectivity index (χ1n) is 10.9. The van der Waals surface area contributed by atoms with Gasteiger partial charge in [0.1, 0.15) is 28.6 Å². The molecule has 7 heteroatoms. The highest BCUT2D eigenvalue weighted by molar-refractivity contribution is 5.96. The summed E-state index contributed by atoms with van der Waals surface area (Å²) in [6, 6.07) is 16.9. The second-order valence-corrected chi connectivity index (χ2v) is 8.12. The summed E-state index contributed by atoms with van der Waals surface area (Å²) in [4.78, 5) is 14.5. The molecule has 2 heterocycles. The molecule has 0 atom stereocenters. The van der Waals surface area contributed by atoms with E-state index < -0.39 is 5.63 Å². The van der Waals surface area contributed by atoms with Crippen LogP contribution in [0.15, 0.2) is 63.8 Å². The summed E-state index contributed by atoms with van der Waals surface area (Å²) in [5, 5.41) is 0.856. The Kier molecular flexibility index (Phi) is 5.53. The lowest BCUT2D eigenvalue weighted by Crippen LogP contribution is -2.32. The van der Waals surface area contributed by atoms with Crippen LogP contribution in [0.4, 0.5) is 5.69 Å². The van der Waals surface area contributed by atoms with Gasteiger partial charge in [0.25, 0.3) is 0 Å². The molecule has 0 aliphatic carbocycles. The number of hydrogen-bond acceptors (Lipinski definition) is 7. The molecular weight excluding hydrogens is 434 g/mol. The van der Waals surface area contributed by atoms with Gasteiger partial charge in [0.15, 0.2) is 6.73 Å². The van der Waals surface area contributed by atoms with Crippen molar-refractivity contribution in [3.8, 4) is 34.1 Å². The third kappa shape index (κ3) is 3.79. The van der Waals surface area contributed by atoms with Gasteiger partial charge in [-0.15, -0.1) is 0 Å². The molecule has 4 aromatic rings. The van der Waals surface area contributed by atoms with Crippen LogP contribution in [-0.2, 0) is 6.54 Å². The van der Waals surface area contributed by atoms with E-state index in [-0.39, 0.29) is 0 Å². The Morgan fingerprint density at radius 3 is 2.18 bits per heavy atom. The van der Waals surface area contributed by atoms with Crippen molar-refractivity contribution in [1.29, 1.82) is 0 Å². The van der Waals surface area contributed by atoms with Gasteiger partial charge in [0.05, 0.1) is 21.3 Å². The molecule has 0 amide bonds. The molecule has 5 rings (SSSR count). The molecular formula is C27H25NO6. The number of anilines is 1. The lowest BCUT2D eigenvalue weighted by Gasteiger charge is -2.32. The van der Waals surface area contributed by atoms with Gasteiger partial charge in [0, 0.05) is 53.0 Å². The van der Waals surface area contributed by atoms with E-state index in [1.807, 2.05) is 55.5 Å². The van der Waals surface area contributed by atoms with Crippen molar-refractivity contribution >= 4 is 16.7 Å². The smallest absolute Gasteiger partial charge is 0.336 e. The van der Waals surface area contributed by atoms with Gasteiger partial charge in [-0.2, -0.15) is 0 Å². The highest BCUT2D eigenvalue weighted by Gasteiger charge is 2.24. The van der Waals surface area contributed by atoms with Crippen molar-refractivity contribution in [2.75, 3.05) is 33.0 Å². The second kappa shape index (κ2) is 8.67. The Morgan fingerprint density at radius 2 is 1.53 bits per heavy atom. The molecule has 1 aliphatic heterocycles. The predicted octanol–water partition coefficient (Wildman–Crippen LogP) is 5.15. The number of rotatable bonds is 5. The molecule has 1 aliphatic rings. The Hall–Kier alpha value is -4.13. The van der Waals surface area contributed by atoms with Crippen LogP contribution in [0.3, 0.4) is 0 Å². The molecule has 0 saturated carbocycles. The molecule has 0 unspecified atom stereocenters. The maximum Gasteiger partial charge on any atom is 0.336 e. The highest BCUT2D eigenvalue weighted by Crippen LogP contribution is 2.40. The Morgan fingerprint density at radius 1 is 0.853 bits per heavy atom. The van der Waals surface area contributed by atoms with E-state index in [0.29, 0.717) is 30.4 Å². The number of fused-ring (bicyclic) bond motifs is 2. The standard InChI is InChI=1S/C27H25NO6/c1-16-26-18(14-28(15-33-26)19-10-21(31-3)12-22(11-19)32-4)9-24-23(13-25(29)34-27(16)24)17-5-7-20(30-2)8-6-17/h5-13H,14-15H2,1-4H3. The van der Waals surface area contributed by atoms with Crippen molar-refractivity contribution in [2.45, 2.75) is 13.5 Å². The van der Waals surface area contributed by atoms with Crippen LogP contribution in [0.2, 0.25) is 0 Å². The zero-order valence-corrected chi connectivity index (χ0v) is 19.5. The summed E-state index contributed by atoms with van der Waals surface area (Å²) in [6.07, 6.45) is 0. The van der Waals surface area contributed by atoms with Crippen LogP contribution >= 0.6 is 0 Å². The molecule has 0 spiro atoms. The molecule has 7 nitrogen and oxygen atoms in total. The zero-order chi connectivity index (χ0) is 23.8. The second-order valence-electron chi connectivity index (χ2n) is 8.12. The molecule has 0 radical (unpaired) electrons. The van der Waals surface area contributed by atoms with Crippen molar-refractivity contribution in [3.63, 3.8) is 0 Å². The van der Waals surface area contributed by atoms with Gasteiger partial charge in [-0.1, -0.05) is 12.1 Å². The first-order chi connectivity index (χ1) is 16.5. The average Bonchev–Trinajstić information content (AvgIpc) is 2.88. The van der Waals surface area contributed by atoms with Crippen molar-refractivity contribution in [2.24, 2.45) is 0 Å². The molecule has 34 heavy (non-hydrogen) atoms. The largest absolute Gasteiger partial charge is 0.497 e. The highest BCUT2D eigenvalue weighted by atomic mass is 16.5. The third-order valence-corrected chi connectivity index (χ3v) is 6.12. The van der Waals surface area contributed by atoms with Gasteiger partial charge in [-0.25, -0.2) is 4.79 Å². The van der Waals surface area contributed by atoms with Gasteiger partial charge in [0.2, 0.25) is 0 Å². The average molecular weight is 459 g/mol. The lowest BCUT2D eigenvalue weighted by atomic mass is 9.96. The summed E-state index contributed by atoms with van der Waals surface area (Å²) in [6.45, 7) is 2.88. The molecule has 0 bridgehead atoms. The van der Waals surface area contributed by atoms with Crippen LogP contribution < -0.4 is 29.5 Å². The van der Waals surface area contributed by atoms with Gasteiger partial charge >= 0.3 is 5.63 Å². The van der Waals surface area contributed by atoms with E-state index in [4.69, 9.17) is 23.4 Å². The van der Waals surface area contributed by atoms with Crippen LogP contribution in [0, 0.1) is 6.92 Å². The molecule has 0 fully saturated rings. The number of aryl methyl sites for hydroxylation is 1. The fraction of sp³-hybridized carbons (Fsp3) is 0.222. The van der Waals surface area contributed by atoms with Gasteiger partial charge in [-0.3, -0.25) is 0 Å². The Labute approximate surface area is 197 Å². The molecule has 0 N–H and O–H groups in total. The monoisotopic (exact) mass is 459 g/mol. The lowest BCUT2D eigenvalue weighted by molar-refractivity contribution is 0.287. The van der Waals surface area contributed by atoms with Crippen LogP contribution in [0.5, 0.6) is 23.0 Å². The SMILES string of the molecule is COc1ccc(-c2cc(=O)oc3c(C)c4c(cc23)CN(c2cc(OC)cc(OC)c2)CO4)cc1. The van der Waals surface area contributed by atoms with Gasteiger partial charge < -0.3 is 28.3 Å². The maximum absolute atomic E-state index is 12.4. The topological polar surface area (TPSA) is 70.4 Å². The number of methoxy groups -OCH3 is 3. The fourth-order valence-electron chi connectivity index (χ4n) is 4.37. The Balaban J connectivity index is 1.62. The summed E-state index contributed by atoms with van der Waals surface area (Å²) in [5.74, 6) is 2.91. The van der Waals surface area contributed by atoms with Crippen LogP contribution in [-0.4, -0.2) is 28.1 Å². The Bertz CT molecular complexity index is 1400. The summed E-state index contributed by atoms with van der Waals surface area (Å²) >= 11 is 0. The maximum atomic E-state index is 12.4. The molecule has 3 aromatic carbocycles. The molecule has 0 saturated heterocycles. The normalized spacial score (nSPS) is 12.8. The van der Waals surface area contributed by atoms with E-state index in [1.54, 1.807) is 21.3 Å². The van der Waals surface area contributed by atoms with E-state index in [0.717, 1.165) is 44.8 Å². The van der Waals surface area contributed by atoms with E-state index in [9.17, 15) is 4.79 Å². The molecule has 1 aromatic heterocycles. The summed E-state index contributed by atoms with van der Waals surface area (Å²) in [5.41, 5.74) is 4.58. The minimum Gasteiger partial charge on any atom is -0.497 e. The quantitative estimate of drug-likeness (QED) is 0.382. The minimum absolute atomic E-state index is 0.345. The number of nitrogens with zero attached hydrogens (tertiary/aromatic N) is 1. The van der Waals surface area contributed by atoms with E-state index in [2.05, 4.69) is 4.90 Å². The third-order valence-electron chi connectivity index (χ3n) is 6.12. The summed E-state index contributed by atoms with van der Waals surface area (Å²) < 4.78 is 27.9. The minimum atomic E-state index is -0.401. The number of hydrogen-bond donors (Lipinski definition) is 0.